The average molecular weight is 427 g/mol. The minimum absolute atomic E-state index is 0.0705. The summed E-state index contributed by atoms with van der Waals surface area (Å²) < 4.78 is 8.52. The van der Waals surface area contributed by atoms with Crippen molar-refractivity contribution in [3.8, 4) is 5.75 Å². The number of fused-ring (bicyclic) bond motifs is 1. The Labute approximate surface area is 179 Å². The molecule has 1 unspecified atom stereocenters. The summed E-state index contributed by atoms with van der Waals surface area (Å²) in [6.45, 7) is 0.987. The first-order chi connectivity index (χ1) is 14.6. The Morgan fingerprint density at radius 1 is 1.30 bits per heavy atom. The molecule has 2 aromatic heterocycles. The Balaban J connectivity index is 1.35. The number of amides is 1. The first kappa shape index (κ1) is 20.4. The number of carbonyl (C=O) groups excluding carboxylic acids is 1. The number of ether oxygens (including phenoxy) is 1. The highest BCUT2D eigenvalue weighted by molar-refractivity contribution is 7.07. The molecular formula is C22H26N4O3S. The van der Waals surface area contributed by atoms with Crippen LogP contribution in [0.1, 0.15) is 36.2 Å². The molecule has 3 aromatic rings. The van der Waals surface area contributed by atoms with E-state index in [-0.39, 0.29) is 17.6 Å². The van der Waals surface area contributed by atoms with Crippen LogP contribution in [0, 0.1) is 0 Å². The molecule has 4 rings (SSSR count). The third kappa shape index (κ3) is 4.81. The van der Waals surface area contributed by atoms with Crippen molar-refractivity contribution in [1.82, 2.24) is 19.7 Å². The van der Waals surface area contributed by atoms with Crippen LogP contribution < -0.4 is 15.7 Å². The lowest BCUT2D eigenvalue weighted by molar-refractivity contribution is -0.121. The quantitative estimate of drug-likeness (QED) is 0.630. The minimum Gasteiger partial charge on any atom is -0.497 e. The summed E-state index contributed by atoms with van der Waals surface area (Å²) in [5, 5.41) is 11.8. The maximum atomic E-state index is 12.8. The summed E-state index contributed by atoms with van der Waals surface area (Å²) in [4.78, 5) is 25.1. The number of hydrogen-bond acceptors (Lipinski definition) is 5. The van der Waals surface area contributed by atoms with E-state index < -0.39 is 0 Å². The van der Waals surface area contributed by atoms with Gasteiger partial charge in [0.25, 0.3) is 0 Å². The van der Waals surface area contributed by atoms with Gasteiger partial charge in [0, 0.05) is 25.4 Å². The molecule has 0 fully saturated rings. The zero-order chi connectivity index (χ0) is 20.9. The minimum atomic E-state index is -0.0998. The van der Waals surface area contributed by atoms with Gasteiger partial charge in [-0.15, -0.1) is 0 Å². The van der Waals surface area contributed by atoms with Crippen LogP contribution in [0.4, 0.5) is 0 Å². The third-order valence-corrected chi connectivity index (χ3v) is 6.20. The van der Waals surface area contributed by atoms with Crippen LogP contribution in [-0.4, -0.2) is 33.4 Å². The van der Waals surface area contributed by atoms with Crippen LogP contribution in [0.15, 0.2) is 45.9 Å². The normalized spacial score (nSPS) is 16.0. The van der Waals surface area contributed by atoms with Crippen molar-refractivity contribution in [2.24, 2.45) is 0 Å². The summed E-state index contributed by atoms with van der Waals surface area (Å²) in [7, 11) is 1.63. The van der Waals surface area contributed by atoms with Gasteiger partial charge in [-0.2, -0.15) is 16.4 Å². The van der Waals surface area contributed by atoms with Gasteiger partial charge in [-0.25, -0.2) is 9.48 Å². The lowest BCUT2D eigenvalue weighted by Gasteiger charge is -2.16. The summed E-state index contributed by atoms with van der Waals surface area (Å²) in [6, 6.07) is 9.79. The van der Waals surface area contributed by atoms with E-state index in [2.05, 4.69) is 21.9 Å². The second-order valence-corrected chi connectivity index (χ2v) is 8.36. The van der Waals surface area contributed by atoms with Crippen molar-refractivity contribution in [2.45, 2.75) is 51.2 Å². The maximum absolute atomic E-state index is 12.8. The Hall–Kier alpha value is -2.87. The molecule has 0 saturated heterocycles. The molecule has 30 heavy (non-hydrogen) atoms. The van der Waals surface area contributed by atoms with Crippen molar-refractivity contribution in [2.75, 3.05) is 7.11 Å². The van der Waals surface area contributed by atoms with E-state index in [1.54, 1.807) is 23.0 Å². The van der Waals surface area contributed by atoms with Crippen LogP contribution in [0.3, 0.4) is 0 Å². The van der Waals surface area contributed by atoms with Crippen LogP contribution in [0.2, 0.25) is 0 Å². The van der Waals surface area contributed by atoms with Gasteiger partial charge in [-0.1, -0.05) is 12.1 Å². The molecule has 1 N–H and O–H groups in total. The molecule has 3 heterocycles. The third-order valence-electron chi connectivity index (χ3n) is 5.47. The highest BCUT2D eigenvalue weighted by Crippen LogP contribution is 2.15. The van der Waals surface area contributed by atoms with E-state index >= 15 is 0 Å². The summed E-state index contributed by atoms with van der Waals surface area (Å²) in [5.74, 6) is 1.62. The fourth-order valence-electron chi connectivity index (χ4n) is 3.81. The molecule has 0 bridgehead atoms. The van der Waals surface area contributed by atoms with Crippen molar-refractivity contribution >= 4 is 17.2 Å². The fraction of sp³-hybridized carbons (Fsp3) is 0.409. The maximum Gasteiger partial charge on any atom is 0.346 e. The van der Waals surface area contributed by atoms with E-state index in [4.69, 9.17) is 4.74 Å². The second-order valence-electron chi connectivity index (χ2n) is 7.58. The first-order valence-corrected chi connectivity index (χ1v) is 11.2. The Morgan fingerprint density at radius 3 is 3.00 bits per heavy atom. The zero-order valence-electron chi connectivity index (χ0n) is 17.0. The standard InChI is InChI=1S/C22H26N4O3S/c1-29-19-4-2-3-17(13-19)14-26-22(28)25-11-9-18(6-7-20(25)24-26)23-21(27)8-5-16-10-12-30-15-16/h2-4,10,12-13,15,18H,5-9,11,14H2,1H3,(H,23,27). The van der Waals surface area contributed by atoms with Gasteiger partial charge in [-0.3, -0.25) is 9.36 Å². The predicted octanol–water partition coefficient (Wildman–Crippen LogP) is 2.62. The fourth-order valence-corrected chi connectivity index (χ4v) is 4.51. The van der Waals surface area contributed by atoms with Gasteiger partial charge in [0.05, 0.1) is 13.7 Å². The molecule has 1 aromatic carbocycles. The largest absolute Gasteiger partial charge is 0.497 e. The Kier molecular flexibility index (Phi) is 6.32. The van der Waals surface area contributed by atoms with Gasteiger partial charge in [0.2, 0.25) is 5.91 Å². The smallest absolute Gasteiger partial charge is 0.346 e. The summed E-state index contributed by atoms with van der Waals surface area (Å²) >= 11 is 1.65. The van der Waals surface area contributed by atoms with Gasteiger partial charge in [-0.05, 0) is 59.3 Å². The molecule has 7 nitrogen and oxygen atoms in total. The molecule has 0 saturated carbocycles. The molecule has 1 aliphatic rings. The van der Waals surface area contributed by atoms with E-state index in [1.807, 2.05) is 29.6 Å². The van der Waals surface area contributed by atoms with E-state index in [9.17, 15) is 9.59 Å². The lowest BCUT2D eigenvalue weighted by Crippen LogP contribution is -2.36. The number of benzene rings is 1. The molecule has 0 spiro atoms. The number of nitrogens with zero attached hydrogens (tertiary/aromatic N) is 3. The summed E-state index contributed by atoms with van der Waals surface area (Å²) in [5.41, 5.74) is 2.07. The Morgan fingerprint density at radius 2 is 2.20 bits per heavy atom. The van der Waals surface area contributed by atoms with Crippen LogP contribution in [0.5, 0.6) is 5.75 Å². The molecule has 0 radical (unpaired) electrons. The van der Waals surface area contributed by atoms with Crippen LogP contribution >= 0.6 is 11.3 Å². The molecule has 1 aliphatic heterocycles. The molecule has 158 valence electrons. The van der Waals surface area contributed by atoms with Crippen molar-refractivity contribution in [1.29, 1.82) is 0 Å². The molecule has 8 heteroatoms. The van der Waals surface area contributed by atoms with Crippen molar-refractivity contribution in [3.63, 3.8) is 0 Å². The number of methoxy groups -OCH3 is 1. The van der Waals surface area contributed by atoms with Crippen LogP contribution in [0.25, 0.3) is 0 Å². The van der Waals surface area contributed by atoms with Gasteiger partial charge >= 0.3 is 5.69 Å². The number of hydrogen-bond donors (Lipinski definition) is 1. The SMILES string of the molecule is COc1cccc(Cn2nc3n(c2=O)CCC(NC(=O)CCc2ccsc2)CC3)c1. The van der Waals surface area contributed by atoms with Crippen molar-refractivity contribution < 1.29 is 9.53 Å². The number of thiophene rings is 1. The molecule has 0 aliphatic carbocycles. The van der Waals surface area contributed by atoms with Gasteiger partial charge in [0.15, 0.2) is 0 Å². The monoisotopic (exact) mass is 426 g/mol. The van der Waals surface area contributed by atoms with Crippen molar-refractivity contribution in [3.05, 3.63) is 68.5 Å². The van der Waals surface area contributed by atoms with E-state index in [1.165, 1.54) is 10.2 Å². The second kappa shape index (κ2) is 9.30. The number of rotatable bonds is 7. The molecule has 1 amide bonds. The number of carbonyl (C=O) groups is 1. The number of nitrogens with one attached hydrogen (secondary N) is 1. The topological polar surface area (TPSA) is 78.2 Å². The lowest BCUT2D eigenvalue weighted by atomic mass is 10.1. The highest BCUT2D eigenvalue weighted by Gasteiger charge is 2.22. The van der Waals surface area contributed by atoms with E-state index in [0.717, 1.165) is 36.4 Å². The number of aryl methyl sites for hydroxylation is 2. The van der Waals surface area contributed by atoms with Gasteiger partial charge in [0.1, 0.15) is 11.6 Å². The zero-order valence-corrected chi connectivity index (χ0v) is 17.9. The van der Waals surface area contributed by atoms with E-state index in [0.29, 0.717) is 25.9 Å². The first-order valence-electron chi connectivity index (χ1n) is 10.2. The molecule has 1 atom stereocenters. The Bertz CT molecular complexity index is 1050. The van der Waals surface area contributed by atoms with Gasteiger partial charge < -0.3 is 10.1 Å². The van der Waals surface area contributed by atoms with Crippen LogP contribution in [-0.2, 0) is 30.7 Å². The predicted molar refractivity (Wildman–Crippen MR) is 116 cm³/mol. The average Bonchev–Trinajstić information content (AvgIpc) is 3.32. The molecular weight excluding hydrogens is 400 g/mol. The number of aromatic nitrogens is 3. The summed E-state index contributed by atoms with van der Waals surface area (Å²) in [6.07, 6.45) is 3.46. The highest BCUT2D eigenvalue weighted by atomic mass is 32.1.